The summed E-state index contributed by atoms with van der Waals surface area (Å²) in [5.74, 6) is 1.02. The molecule has 0 bridgehead atoms. The third-order valence-corrected chi connectivity index (χ3v) is 3.94. The van der Waals surface area contributed by atoms with Gasteiger partial charge in [-0.05, 0) is 25.5 Å². The summed E-state index contributed by atoms with van der Waals surface area (Å²) in [5.41, 5.74) is 7.96. The monoisotopic (exact) mass is 276 g/mol. The molecular weight excluding hydrogens is 260 g/mol. The molecule has 2 unspecified atom stereocenters. The number of anilines is 1. The van der Waals surface area contributed by atoms with Gasteiger partial charge in [-0.3, -0.25) is 4.21 Å². The molecule has 0 aliphatic heterocycles. The van der Waals surface area contributed by atoms with Gasteiger partial charge in [-0.1, -0.05) is 6.07 Å². The summed E-state index contributed by atoms with van der Waals surface area (Å²) in [6.45, 7) is 2.02. The zero-order valence-corrected chi connectivity index (χ0v) is 11.8. The number of nitriles is 1. The maximum atomic E-state index is 11.2. The lowest BCUT2D eigenvalue weighted by Crippen LogP contribution is -2.11. The quantitative estimate of drug-likeness (QED) is 0.923. The van der Waals surface area contributed by atoms with Crippen LogP contribution in [0.3, 0.4) is 0 Å². The molecule has 19 heavy (non-hydrogen) atoms. The Kier molecular flexibility index (Phi) is 3.86. The molecule has 0 radical (unpaired) electrons. The first-order valence-electron chi connectivity index (χ1n) is 6.01. The number of hydrogen-bond donors (Lipinski definition) is 1. The van der Waals surface area contributed by atoms with Crippen molar-refractivity contribution in [1.29, 1.82) is 5.26 Å². The molecule has 1 aromatic carbocycles. The molecule has 100 valence electrons. The van der Waals surface area contributed by atoms with Gasteiger partial charge in [0.05, 0.1) is 11.1 Å². The van der Waals surface area contributed by atoms with Crippen LogP contribution in [0, 0.1) is 11.3 Å². The zero-order valence-electron chi connectivity index (χ0n) is 11.0. The predicted octanol–water partition coefficient (Wildman–Crippen LogP) is 1.82. The van der Waals surface area contributed by atoms with Crippen LogP contribution in [0.25, 0.3) is 11.0 Å². The molecule has 0 amide bonds. The van der Waals surface area contributed by atoms with E-state index in [4.69, 9.17) is 11.0 Å². The second-order valence-corrected chi connectivity index (χ2v) is 6.09. The predicted molar refractivity (Wildman–Crippen MR) is 77.1 cm³/mol. The number of imidazole rings is 1. The molecule has 2 rings (SSSR count). The summed E-state index contributed by atoms with van der Waals surface area (Å²) < 4.78 is 13.1. The number of aromatic nitrogens is 2. The minimum atomic E-state index is -0.821. The third-order valence-electron chi connectivity index (χ3n) is 3.13. The van der Waals surface area contributed by atoms with Crippen molar-refractivity contribution < 1.29 is 4.21 Å². The minimum absolute atomic E-state index is 0.0999. The Balaban J connectivity index is 2.46. The summed E-state index contributed by atoms with van der Waals surface area (Å²) in [7, 11) is -0.821. The van der Waals surface area contributed by atoms with E-state index < -0.39 is 10.8 Å². The average molecular weight is 276 g/mol. The Morgan fingerprint density at radius 1 is 1.58 bits per heavy atom. The van der Waals surface area contributed by atoms with E-state index in [0.29, 0.717) is 22.8 Å². The SMILES string of the molecule is CC(CCS(C)=O)n1c(N)nc2c(C#N)cccc21. The number of nitrogen functional groups attached to an aromatic ring is 1. The van der Waals surface area contributed by atoms with Crippen molar-refractivity contribution in [1.82, 2.24) is 9.55 Å². The van der Waals surface area contributed by atoms with E-state index in [0.717, 1.165) is 11.9 Å². The molecule has 0 saturated heterocycles. The van der Waals surface area contributed by atoms with Gasteiger partial charge in [0.1, 0.15) is 11.6 Å². The van der Waals surface area contributed by atoms with Crippen molar-refractivity contribution in [3.05, 3.63) is 23.8 Å². The number of hydrogen-bond acceptors (Lipinski definition) is 4. The van der Waals surface area contributed by atoms with Gasteiger partial charge in [0.15, 0.2) is 0 Å². The minimum Gasteiger partial charge on any atom is -0.369 e. The topological polar surface area (TPSA) is 84.7 Å². The van der Waals surface area contributed by atoms with Gasteiger partial charge in [0.2, 0.25) is 5.95 Å². The fourth-order valence-corrected chi connectivity index (χ4v) is 2.83. The van der Waals surface area contributed by atoms with Gasteiger partial charge in [-0.2, -0.15) is 5.26 Å². The number of nitrogens with zero attached hydrogens (tertiary/aromatic N) is 3. The maximum Gasteiger partial charge on any atom is 0.201 e. The fraction of sp³-hybridized carbons (Fsp3) is 0.385. The molecule has 1 heterocycles. The normalized spacial score (nSPS) is 14.2. The van der Waals surface area contributed by atoms with Gasteiger partial charge in [-0.15, -0.1) is 0 Å². The zero-order chi connectivity index (χ0) is 14.0. The Morgan fingerprint density at radius 2 is 2.32 bits per heavy atom. The Bertz CT molecular complexity index is 671. The van der Waals surface area contributed by atoms with Crippen LogP contribution in [0.2, 0.25) is 0 Å². The first-order valence-corrected chi connectivity index (χ1v) is 7.74. The molecule has 2 N–H and O–H groups in total. The van der Waals surface area contributed by atoms with E-state index >= 15 is 0 Å². The molecule has 0 aliphatic carbocycles. The van der Waals surface area contributed by atoms with Crippen molar-refractivity contribution in [3.63, 3.8) is 0 Å². The van der Waals surface area contributed by atoms with Crippen LogP contribution in [-0.2, 0) is 10.8 Å². The van der Waals surface area contributed by atoms with E-state index in [2.05, 4.69) is 11.1 Å². The van der Waals surface area contributed by atoms with E-state index in [1.165, 1.54) is 0 Å². The van der Waals surface area contributed by atoms with Gasteiger partial charge in [0, 0.05) is 28.9 Å². The smallest absolute Gasteiger partial charge is 0.201 e. The molecule has 1 aromatic heterocycles. The largest absolute Gasteiger partial charge is 0.369 e. The van der Waals surface area contributed by atoms with E-state index in [-0.39, 0.29) is 6.04 Å². The number of fused-ring (bicyclic) bond motifs is 1. The van der Waals surface area contributed by atoms with Crippen LogP contribution >= 0.6 is 0 Å². The van der Waals surface area contributed by atoms with Crippen LogP contribution in [0.5, 0.6) is 0 Å². The number of benzene rings is 1. The lowest BCUT2D eigenvalue weighted by Gasteiger charge is -2.15. The molecule has 0 aliphatic rings. The second kappa shape index (κ2) is 5.41. The van der Waals surface area contributed by atoms with Crippen LogP contribution in [0.15, 0.2) is 18.2 Å². The standard InChI is InChI=1S/C13H16N4OS/c1-9(6-7-19(2)18)17-11-5-3-4-10(8-14)12(11)16-13(17)15/h3-5,9H,6-7H2,1-2H3,(H2,15,16). The highest BCUT2D eigenvalue weighted by molar-refractivity contribution is 7.84. The van der Waals surface area contributed by atoms with Gasteiger partial charge < -0.3 is 10.3 Å². The summed E-state index contributed by atoms with van der Waals surface area (Å²) in [6.07, 6.45) is 2.45. The van der Waals surface area contributed by atoms with E-state index in [1.807, 2.05) is 23.6 Å². The first-order chi connectivity index (χ1) is 9.04. The van der Waals surface area contributed by atoms with Gasteiger partial charge >= 0.3 is 0 Å². The van der Waals surface area contributed by atoms with Crippen LogP contribution in [0.4, 0.5) is 5.95 Å². The Morgan fingerprint density at radius 3 is 2.95 bits per heavy atom. The lowest BCUT2D eigenvalue weighted by atomic mass is 10.2. The molecule has 6 heteroatoms. The first kappa shape index (κ1) is 13.6. The molecular formula is C13H16N4OS. The van der Waals surface area contributed by atoms with Crippen molar-refractivity contribution >= 4 is 27.8 Å². The van der Waals surface area contributed by atoms with Crippen molar-refractivity contribution in [2.75, 3.05) is 17.7 Å². The highest BCUT2D eigenvalue weighted by Gasteiger charge is 2.16. The highest BCUT2D eigenvalue weighted by atomic mass is 32.2. The maximum absolute atomic E-state index is 11.2. The number of para-hydroxylation sites is 1. The fourth-order valence-electron chi connectivity index (χ4n) is 2.15. The number of rotatable bonds is 4. The van der Waals surface area contributed by atoms with Crippen LogP contribution in [-0.4, -0.2) is 25.8 Å². The molecule has 2 aromatic rings. The summed E-state index contributed by atoms with van der Waals surface area (Å²) in [5, 5.41) is 9.07. The molecule has 0 saturated carbocycles. The van der Waals surface area contributed by atoms with Crippen LogP contribution in [0.1, 0.15) is 24.9 Å². The molecule has 2 atom stereocenters. The van der Waals surface area contributed by atoms with Crippen molar-refractivity contribution in [2.45, 2.75) is 19.4 Å². The molecule has 5 nitrogen and oxygen atoms in total. The molecule has 0 fully saturated rings. The third kappa shape index (κ3) is 2.61. The highest BCUT2D eigenvalue weighted by Crippen LogP contribution is 2.26. The summed E-state index contributed by atoms with van der Waals surface area (Å²) in [6, 6.07) is 7.67. The van der Waals surface area contributed by atoms with E-state index in [1.54, 1.807) is 12.3 Å². The van der Waals surface area contributed by atoms with E-state index in [9.17, 15) is 4.21 Å². The Labute approximate surface area is 114 Å². The van der Waals surface area contributed by atoms with Crippen molar-refractivity contribution in [2.24, 2.45) is 0 Å². The second-order valence-electron chi connectivity index (χ2n) is 4.54. The van der Waals surface area contributed by atoms with Gasteiger partial charge in [-0.25, -0.2) is 4.98 Å². The Hall–Kier alpha value is -1.87. The van der Waals surface area contributed by atoms with Crippen LogP contribution < -0.4 is 5.73 Å². The summed E-state index contributed by atoms with van der Waals surface area (Å²) in [4.78, 5) is 4.27. The number of nitrogens with two attached hydrogens (primary N) is 1. The van der Waals surface area contributed by atoms with Crippen molar-refractivity contribution in [3.8, 4) is 6.07 Å². The summed E-state index contributed by atoms with van der Waals surface area (Å²) >= 11 is 0. The average Bonchev–Trinajstić information content (AvgIpc) is 2.71. The molecule has 0 spiro atoms. The van der Waals surface area contributed by atoms with Gasteiger partial charge in [0.25, 0.3) is 0 Å². The lowest BCUT2D eigenvalue weighted by molar-refractivity contribution is 0.552.